The minimum Gasteiger partial charge on any atom is -0.494 e. The van der Waals surface area contributed by atoms with Gasteiger partial charge in [-0.05, 0) is 0 Å². The van der Waals surface area contributed by atoms with Crippen LogP contribution in [-0.4, -0.2) is 50.2 Å². The molecule has 0 bridgehead atoms. The van der Waals surface area contributed by atoms with E-state index >= 15 is 0 Å². The quantitative estimate of drug-likeness (QED) is 0.891. The van der Waals surface area contributed by atoms with E-state index in [2.05, 4.69) is 60.7 Å². The minimum absolute atomic E-state index is 0.0651. The summed E-state index contributed by atoms with van der Waals surface area (Å²) >= 11 is 0. The molecule has 0 saturated carbocycles. The fraction of sp³-hybridized carbons (Fsp3) is 0.318. The van der Waals surface area contributed by atoms with Crippen LogP contribution in [0.15, 0.2) is 72.7 Å². The van der Waals surface area contributed by atoms with Crippen LogP contribution in [0.3, 0.4) is 0 Å². The summed E-state index contributed by atoms with van der Waals surface area (Å²) < 4.78 is 10.7. The molecular formula is C22H25N2O3+. The molecule has 2 aliphatic heterocycles. The third-order valence-corrected chi connectivity index (χ3v) is 5.23. The van der Waals surface area contributed by atoms with E-state index in [-0.39, 0.29) is 11.9 Å². The maximum atomic E-state index is 12.6. The molecule has 2 aromatic rings. The maximum absolute atomic E-state index is 12.6. The molecule has 0 aromatic heterocycles. The number of hydrogen-bond acceptors (Lipinski definition) is 3. The number of rotatable bonds is 4. The Morgan fingerprint density at radius 3 is 2.00 bits per heavy atom. The number of carbonyl (C=O) groups is 1. The predicted octanol–water partition coefficient (Wildman–Crippen LogP) is 1.39. The van der Waals surface area contributed by atoms with Gasteiger partial charge in [-0.1, -0.05) is 60.7 Å². The van der Waals surface area contributed by atoms with Crippen molar-refractivity contribution in [2.75, 3.05) is 39.4 Å². The van der Waals surface area contributed by atoms with Gasteiger partial charge in [0, 0.05) is 11.1 Å². The smallest absolute Gasteiger partial charge is 0.292 e. The van der Waals surface area contributed by atoms with Gasteiger partial charge < -0.3 is 19.3 Å². The highest BCUT2D eigenvalue weighted by Gasteiger charge is 2.33. The molecule has 1 N–H and O–H groups in total. The molecule has 1 fully saturated rings. The number of nitrogens with zero attached hydrogens (tertiary/aromatic N) is 1. The van der Waals surface area contributed by atoms with Crippen LogP contribution >= 0.6 is 0 Å². The third-order valence-electron chi connectivity index (χ3n) is 5.23. The molecule has 0 spiro atoms. The van der Waals surface area contributed by atoms with Gasteiger partial charge in [-0.15, -0.1) is 0 Å². The van der Waals surface area contributed by atoms with Crippen LogP contribution in [0.25, 0.3) is 0 Å². The second-order valence-electron chi connectivity index (χ2n) is 6.91. The van der Waals surface area contributed by atoms with Gasteiger partial charge in [0.1, 0.15) is 25.5 Å². The number of nitrogens with one attached hydrogen (secondary N) is 1. The number of benzene rings is 2. The first kappa shape index (κ1) is 17.6. The third kappa shape index (κ3) is 3.98. The lowest BCUT2D eigenvalue weighted by molar-refractivity contribution is -0.929. The molecule has 2 aromatic carbocycles. The molecule has 0 atom stereocenters. The standard InChI is InChI=1S/C22H24N2O3/c25-22(20-17-26-15-16-27-20)24-13-11-23(12-14-24)21(18-7-3-1-4-8-18)19-9-5-2-6-10-19/h1-10,17,21H,11-16H2/p+1. The van der Waals surface area contributed by atoms with Gasteiger partial charge in [0.2, 0.25) is 5.76 Å². The van der Waals surface area contributed by atoms with Gasteiger partial charge in [0.15, 0.2) is 0 Å². The van der Waals surface area contributed by atoms with Crippen molar-refractivity contribution < 1.29 is 19.2 Å². The Balaban J connectivity index is 1.49. The average Bonchev–Trinajstić information content (AvgIpc) is 2.76. The Labute approximate surface area is 159 Å². The molecule has 5 heteroatoms. The Morgan fingerprint density at radius 2 is 1.48 bits per heavy atom. The average molecular weight is 365 g/mol. The van der Waals surface area contributed by atoms with E-state index in [1.165, 1.54) is 22.3 Å². The van der Waals surface area contributed by atoms with Crippen molar-refractivity contribution in [1.82, 2.24) is 4.90 Å². The van der Waals surface area contributed by atoms with Crippen molar-refractivity contribution in [2.45, 2.75) is 6.04 Å². The highest BCUT2D eigenvalue weighted by molar-refractivity contribution is 5.91. The molecule has 27 heavy (non-hydrogen) atoms. The monoisotopic (exact) mass is 365 g/mol. The Hall–Kier alpha value is -2.79. The van der Waals surface area contributed by atoms with E-state index in [0.29, 0.717) is 32.1 Å². The van der Waals surface area contributed by atoms with Gasteiger partial charge in [0.25, 0.3) is 5.91 Å². The molecule has 1 amide bonds. The Kier molecular flexibility index (Phi) is 5.39. The van der Waals surface area contributed by atoms with E-state index in [9.17, 15) is 4.79 Å². The molecule has 0 unspecified atom stereocenters. The van der Waals surface area contributed by atoms with Crippen LogP contribution in [-0.2, 0) is 14.3 Å². The van der Waals surface area contributed by atoms with E-state index in [1.54, 1.807) is 0 Å². The summed E-state index contributed by atoms with van der Waals surface area (Å²) in [4.78, 5) is 16.0. The molecular weight excluding hydrogens is 340 g/mol. The first-order chi connectivity index (χ1) is 13.3. The van der Waals surface area contributed by atoms with Crippen LogP contribution in [0.4, 0.5) is 0 Å². The topological polar surface area (TPSA) is 43.2 Å². The number of amides is 1. The molecule has 0 radical (unpaired) electrons. The Bertz CT molecular complexity index is 744. The number of hydrogen-bond donors (Lipinski definition) is 1. The second-order valence-corrected chi connectivity index (χ2v) is 6.91. The fourth-order valence-corrected chi connectivity index (χ4v) is 3.88. The summed E-state index contributed by atoms with van der Waals surface area (Å²) in [6.45, 7) is 4.16. The number of piperazine rings is 1. The van der Waals surface area contributed by atoms with Crippen molar-refractivity contribution in [2.24, 2.45) is 0 Å². The summed E-state index contributed by atoms with van der Waals surface area (Å²) in [5.41, 5.74) is 2.62. The second kappa shape index (κ2) is 8.27. The summed E-state index contributed by atoms with van der Waals surface area (Å²) in [5, 5.41) is 0. The molecule has 1 saturated heterocycles. The molecule has 140 valence electrons. The molecule has 2 aliphatic rings. The van der Waals surface area contributed by atoms with Crippen molar-refractivity contribution >= 4 is 5.91 Å². The zero-order valence-corrected chi connectivity index (χ0v) is 15.3. The van der Waals surface area contributed by atoms with E-state index in [1.807, 2.05) is 4.90 Å². The normalized spacial score (nSPS) is 17.8. The molecule has 2 heterocycles. The van der Waals surface area contributed by atoms with Crippen molar-refractivity contribution in [3.8, 4) is 0 Å². The van der Waals surface area contributed by atoms with Crippen LogP contribution in [0.2, 0.25) is 0 Å². The summed E-state index contributed by atoms with van der Waals surface area (Å²) in [7, 11) is 0. The van der Waals surface area contributed by atoms with Crippen LogP contribution in [0.1, 0.15) is 17.2 Å². The number of carbonyl (C=O) groups excluding carboxylic acids is 1. The van der Waals surface area contributed by atoms with Gasteiger partial charge in [-0.3, -0.25) is 4.79 Å². The van der Waals surface area contributed by atoms with Crippen LogP contribution in [0, 0.1) is 0 Å². The zero-order chi connectivity index (χ0) is 18.5. The van der Waals surface area contributed by atoms with E-state index in [0.717, 1.165) is 13.1 Å². The highest BCUT2D eigenvalue weighted by atomic mass is 16.6. The first-order valence-corrected chi connectivity index (χ1v) is 9.51. The molecule has 4 rings (SSSR count). The summed E-state index contributed by atoms with van der Waals surface area (Å²) in [6.07, 6.45) is 1.45. The first-order valence-electron chi connectivity index (χ1n) is 9.51. The lowest BCUT2D eigenvalue weighted by atomic mass is 9.96. The number of quaternary nitrogens is 1. The van der Waals surface area contributed by atoms with Gasteiger partial charge in [-0.25, -0.2) is 0 Å². The van der Waals surface area contributed by atoms with Crippen molar-refractivity contribution in [1.29, 1.82) is 0 Å². The lowest BCUT2D eigenvalue weighted by Crippen LogP contribution is -3.15. The lowest BCUT2D eigenvalue weighted by Gasteiger charge is -2.37. The zero-order valence-electron chi connectivity index (χ0n) is 15.3. The number of ether oxygens (including phenoxy) is 2. The Morgan fingerprint density at radius 1 is 0.889 bits per heavy atom. The largest absolute Gasteiger partial charge is 0.494 e. The SMILES string of the molecule is O=C(C1=COCCO1)N1CC[NH+](C(c2ccccc2)c2ccccc2)CC1. The van der Waals surface area contributed by atoms with Gasteiger partial charge >= 0.3 is 0 Å². The van der Waals surface area contributed by atoms with E-state index in [4.69, 9.17) is 9.47 Å². The predicted molar refractivity (Wildman–Crippen MR) is 102 cm³/mol. The summed E-state index contributed by atoms with van der Waals surface area (Å²) in [5.74, 6) is 0.261. The van der Waals surface area contributed by atoms with E-state index < -0.39 is 0 Å². The molecule has 0 aliphatic carbocycles. The maximum Gasteiger partial charge on any atom is 0.292 e. The van der Waals surface area contributed by atoms with Gasteiger partial charge in [-0.2, -0.15) is 0 Å². The highest BCUT2D eigenvalue weighted by Crippen LogP contribution is 2.19. The fourth-order valence-electron chi connectivity index (χ4n) is 3.88. The summed E-state index contributed by atoms with van der Waals surface area (Å²) in [6, 6.07) is 21.5. The van der Waals surface area contributed by atoms with Crippen molar-refractivity contribution in [3.05, 3.63) is 83.8 Å². The van der Waals surface area contributed by atoms with Crippen molar-refractivity contribution in [3.63, 3.8) is 0 Å². The molecule has 5 nitrogen and oxygen atoms in total. The van der Waals surface area contributed by atoms with Crippen LogP contribution in [0.5, 0.6) is 0 Å². The van der Waals surface area contributed by atoms with Crippen LogP contribution < -0.4 is 4.90 Å². The minimum atomic E-state index is -0.0651. The van der Waals surface area contributed by atoms with Gasteiger partial charge in [0.05, 0.1) is 26.2 Å².